The SMILES string of the molecule is CC(=O)Oc1ccc(C)cc1-c1nc2cc(Cl)ccc2s1. The van der Waals surface area contributed by atoms with E-state index in [4.69, 9.17) is 16.3 Å². The molecule has 0 aliphatic carbocycles. The van der Waals surface area contributed by atoms with Gasteiger partial charge < -0.3 is 4.74 Å². The second-order valence-corrected chi connectivity index (χ2v) is 6.19. The van der Waals surface area contributed by atoms with Crippen molar-refractivity contribution in [3.05, 3.63) is 47.0 Å². The minimum absolute atomic E-state index is 0.343. The molecule has 1 heterocycles. The van der Waals surface area contributed by atoms with E-state index in [1.807, 2.05) is 37.3 Å². The van der Waals surface area contributed by atoms with E-state index in [9.17, 15) is 4.79 Å². The molecule has 0 aliphatic rings. The molecule has 0 atom stereocenters. The number of nitrogens with zero attached hydrogens (tertiary/aromatic N) is 1. The molecule has 106 valence electrons. The monoisotopic (exact) mass is 317 g/mol. The van der Waals surface area contributed by atoms with Gasteiger partial charge in [0.2, 0.25) is 0 Å². The van der Waals surface area contributed by atoms with Gasteiger partial charge >= 0.3 is 5.97 Å². The van der Waals surface area contributed by atoms with Gasteiger partial charge in [-0.2, -0.15) is 0 Å². The molecule has 2 aromatic carbocycles. The lowest BCUT2D eigenvalue weighted by Crippen LogP contribution is -2.02. The van der Waals surface area contributed by atoms with E-state index < -0.39 is 0 Å². The highest BCUT2D eigenvalue weighted by Gasteiger charge is 2.13. The van der Waals surface area contributed by atoms with Crippen LogP contribution in [-0.4, -0.2) is 11.0 Å². The number of aromatic nitrogens is 1. The number of esters is 1. The third-order valence-corrected chi connectivity index (χ3v) is 4.27. The second kappa shape index (κ2) is 5.47. The van der Waals surface area contributed by atoms with Gasteiger partial charge in [0, 0.05) is 11.9 Å². The number of ether oxygens (including phenoxy) is 1. The minimum Gasteiger partial charge on any atom is -0.426 e. The average Bonchev–Trinajstić information content (AvgIpc) is 2.83. The molecule has 0 amide bonds. The molecule has 0 saturated carbocycles. The zero-order valence-electron chi connectivity index (χ0n) is 11.5. The molecular weight excluding hydrogens is 306 g/mol. The van der Waals surface area contributed by atoms with Gasteiger partial charge in [0.1, 0.15) is 10.8 Å². The van der Waals surface area contributed by atoms with Crippen molar-refractivity contribution < 1.29 is 9.53 Å². The Morgan fingerprint density at radius 3 is 2.81 bits per heavy atom. The minimum atomic E-state index is -0.343. The Balaban J connectivity index is 2.16. The summed E-state index contributed by atoms with van der Waals surface area (Å²) < 4.78 is 6.32. The lowest BCUT2D eigenvalue weighted by Gasteiger charge is -2.07. The number of thiazole rings is 1. The molecule has 0 bridgehead atoms. The van der Waals surface area contributed by atoms with Crippen molar-refractivity contribution in [2.45, 2.75) is 13.8 Å². The topological polar surface area (TPSA) is 39.2 Å². The summed E-state index contributed by atoms with van der Waals surface area (Å²) in [6.45, 7) is 3.38. The summed E-state index contributed by atoms with van der Waals surface area (Å²) in [5.41, 5.74) is 2.75. The van der Waals surface area contributed by atoms with Crippen LogP contribution >= 0.6 is 22.9 Å². The number of halogens is 1. The van der Waals surface area contributed by atoms with Crippen molar-refractivity contribution in [2.24, 2.45) is 0 Å². The number of hydrogen-bond acceptors (Lipinski definition) is 4. The summed E-state index contributed by atoms with van der Waals surface area (Å²) in [5.74, 6) is 0.183. The third kappa shape index (κ3) is 2.91. The van der Waals surface area contributed by atoms with E-state index in [2.05, 4.69) is 4.98 Å². The number of fused-ring (bicyclic) bond motifs is 1. The highest BCUT2D eigenvalue weighted by molar-refractivity contribution is 7.21. The summed E-state index contributed by atoms with van der Waals surface area (Å²) in [4.78, 5) is 15.8. The van der Waals surface area contributed by atoms with Gasteiger partial charge in [0.25, 0.3) is 0 Å². The van der Waals surface area contributed by atoms with Crippen LogP contribution in [-0.2, 0) is 4.79 Å². The molecule has 0 saturated heterocycles. The van der Waals surface area contributed by atoms with Crippen molar-refractivity contribution in [3.63, 3.8) is 0 Å². The van der Waals surface area contributed by atoms with E-state index >= 15 is 0 Å². The molecule has 5 heteroatoms. The molecule has 0 aliphatic heterocycles. The summed E-state index contributed by atoms with van der Waals surface area (Å²) in [6, 6.07) is 11.3. The normalized spacial score (nSPS) is 10.8. The molecule has 3 nitrogen and oxygen atoms in total. The van der Waals surface area contributed by atoms with Crippen LogP contribution in [0.25, 0.3) is 20.8 Å². The van der Waals surface area contributed by atoms with Crippen LogP contribution in [0, 0.1) is 6.92 Å². The maximum Gasteiger partial charge on any atom is 0.308 e. The first-order chi connectivity index (χ1) is 10.0. The van der Waals surface area contributed by atoms with E-state index in [1.165, 1.54) is 6.92 Å². The van der Waals surface area contributed by atoms with Gasteiger partial charge in [-0.25, -0.2) is 4.98 Å². The van der Waals surface area contributed by atoms with Crippen molar-refractivity contribution >= 4 is 39.1 Å². The van der Waals surface area contributed by atoms with E-state index in [0.717, 1.165) is 26.4 Å². The molecule has 0 N–H and O–H groups in total. The Morgan fingerprint density at radius 1 is 1.24 bits per heavy atom. The van der Waals surface area contributed by atoms with Crippen LogP contribution in [0.1, 0.15) is 12.5 Å². The van der Waals surface area contributed by atoms with Gasteiger partial charge in [-0.05, 0) is 37.3 Å². The van der Waals surface area contributed by atoms with Crippen LogP contribution in [0.3, 0.4) is 0 Å². The Hall–Kier alpha value is -1.91. The Morgan fingerprint density at radius 2 is 2.05 bits per heavy atom. The summed E-state index contributed by atoms with van der Waals surface area (Å²) in [5, 5.41) is 1.47. The third-order valence-electron chi connectivity index (χ3n) is 2.97. The molecule has 0 radical (unpaired) electrons. The molecule has 21 heavy (non-hydrogen) atoms. The molecule has 1 aromatic heterocycles. The van der Waals surface area contributed by atoms with Crippen LogP contribution < -0.4 is 4.74 Å². The van der Waals surface area contributed by atoms with Crippen LogP contribution in [0.4, 0.5) is 0 Å². The lowest BCUT2D eigenvalue weighted by atomic mass is 10.1. The smallest absolute Gasteiger partial charge is 0.308 e. The fraction of sp³-hybridized carbons (Fsp3) is 0.125. The quantitative estimate of drug-likeness (QED) is 0.501. The fourth-order valence-corrected chi connectivity index (χ4v) is 3.20. The van der Waals surface area contributed by atoms with Crippen molar-refractivity contribution in [2.75, 3.05) is 0 Å². The maximum atomic E-state index is 11.2. The van der Waals surface area contributed by atoms with Crippen molar-refractivity contribution in [1.82, 2.24) is 4.98 Å². The van der Waals surface area contributed by atoms with Crippen molar-refractivity contribution in [3.8, 4) is 16.3 Å². The standard InChI is InChI=1S/C16H12ClNO2S/c1-9-3-5-14(20-10(2)19)12(7-9)16-18-13-8-11(17)4-6-15(13)21-16/h3-8H,1-2H3. The first-order valence-electron chi connectivity index (χ1n) is 6.38. The van der Waals surface area contributed by atoms with Crippen LogP contribution in [0.5, 0.6) is 5.75 Å². The number of aryl methyl sites for hydroxylation is 1. The fourth-order valence-electron chi connectivity index (χ4n) is 2.07. The molecule has 3 rings (SSSR count). The molecule has 0 unspecified atom stereocenters. The van der Waals surface area contributed by atoms with Gasteiger partial charge in [0.05, 0.1) is 15.8 Å². The molecule has 0 spiro atoms. The lowest BCUT2D eigenvalue weighted by molar-refractivity contribution is -0.131. The van der Waals surface area contributed by atoms with Crippen LogP contribution in [0.2, 0.25) is 5.02 Å². The van der Waals surface area contributed by atoms with E-state index in [-0.39, 0.29) is 5.97 Å². The van der Waals surface area contributed by atoms with Crippen LogP contribution in [0.15, 0.2) is 36.4 Å². The predicted molar refractivity (Wildman–Crippen MR) is 86.1 cm³/mol. The van der Waals surface area contributed by atoms with Gasteiger partial charge in [-0.1, -0.05) is 23.2 Å². The maximum absolute atomic E-state index is 11.2. The average molecular weight is 318 g/mol. The first-order valence-corrected chi connectivity index (χ1v) is 7.58. The summed E-state index contributed by atoms with van der Waals surface area (Å²) >= 11 is 7.54. The number of rotatable bonds is 2. The van der Waals surface area contributed by atoms with Gasteiger partial charge in [0.15, 0.2) is 0 Å². The summed E-state index contributed by atoms with van der Waals surface area (Å²) in [6.07, 6.45) is 0. The number of benzene rings is 2. The van der Waals surface area contributed by atoms with Crippen molar-refractivity contribution in [1.29, 1.82) is 0 Å². The van der Waals surface area contributed by atoms with Gasteiger partial charge in [-0.15, -0.1) is 11.3 Å². The van der Waals surface area contributed by atoms with Gasteiger partial charge in [-0.3, -0.25) is 4.79 Å². The molecule has 0 fully saturated rings. The highest BCUT2D eigenvalue weighted by atomic mass is 35.5. The zero-order chi connectivity index (χ0) is 15.0. The highest BCUT2D eigenvalue weighted by Crippen LogP contribution is 2.37. The predicted octanol–water partition coefficient (Wildman–Crippen LogP) is 4.85. The Labute approximate surface area is 131 Å². The van der Waals surface area contributed by atoms with E-state index in [1.54, 1.807) is 17.4 Å². The number of carbonyl (C=O) groups excluding carboxylic acids is 1. The second-order valence-electron chi connectivity index (χ2n) is 4.72. The molecule has 3 aromatic rings. The number of hydrogen-bond donors (Lipinski definition) is 0. The van der Waals surface area contributed by atoms with E-state index in [0.29, 0.717) is 10.8 Å². The zero-order valence-corrected chi connectivity index (χ0v) is 13.1. The number of carbonyl (C=O) groups is 1. The summed E-state index contributed by atoms with van der Waals surface area (Å²) in [7, 11) is 0. The Bertz CT molecular complexity index is 841. The largest absolute Gasteiger partial charge is 0.426 e. The molecular formula is C16H12ClNO2S. The Kier molecular flexibility index (Phi) is 3.66. The first kappa shape index (κ1) is 14.0.